The molecule has 1 aliphatic heterocycles. The monoisotopic (exact) mass is 428 g/mol. The number of alkyl halides is 4. The van der Waals surface area contributed by atoms with E-state index in [1.54, 1.807) is 9.47 Å². The van der Waals surface area contributed by atoms with Gasteiger partial charge >= 0.3 is 6.18 Å². The first-order valence-electron chi connectivity index (χ1n) is 9.29. The van der Waals surface area contributed by atoms with Crippen LogP contribution in [0.5, 0.6) is 0 Å². The number of nitrogens with zero attached hydrogens (tertiary/aromatic N) is 3. The van der Waals surface area contributed by atoms with Gasteiger partial charge in [-0.3, -0.25) is 0 Å². The average Bonchev–Trinajstić information content (AvgIpc) is 3.01. The molecule has 0 spiro atoms. The maximum atomic E-state index is 13.9. The van der Waals surface area contributed by atoms with E-state index in [1.807, 2.05) is 0 Å². The summed E-state index contributed by atoms with van der Waals surface area (Å²) in [6.07, 6.45) is -5.45. The Hall–Kier alpha value is -2.75. The van der Waals surface area contributed by atoms with E-state index < -0.39 is 35.6 Å². The zero-order valence-electron chi connectivity index (χ0n) is 15.6. The summed E-state index contributed by atoms with van der Waals surface area (Å²) >= 11 is 0. The minimum Gasteiger partial charge on any atom is -0.340 e. The molecule has 2 heterocycles. The number of aromatic nitrogens is 2. The Morgan fingerprint density at radius 2 is 1.73 bits per heavy atom. The third kappa shape index (κ3) is 3.83. The lowest BCUT2D eigenvalue weighted by atomic mass is 10.1. The molecule has 1 saturated heterocycles. The first-order chi connectivity index (χ1) is 14.1. The van der Waals surface area contributed by atoms with Crippen molar-refractivity contribution in [3.05, 3.63) is 59.2 Å². The largest absolute Gasteiger partial charge is 0.416 e. The standard InChI is InChI=1S/C20H18F6N4/c21-13-5-6-29(10-16(13)27)19-28-17-7-14(22)15(23)8-18(17)30(19)9-11-1-3-12(4-2-11)20(24,25)26/h1-4,7-8,13,16H,5-6,9-10,27H2. The molecule has 0 amide bonds. The van der Waals surface area contributed by atoms with E-state index in [9.17, 15) is 26.3 Å². The molecule has 4 rings (SSSR count). The van der Waals surface area contributed by atoms with Crippen molar-refractivity contribution in [1.82, 2.24) is 9.55 Å². The smallest absolute Gasteiger partial charge is 0.340 e. The van der Waals surface area contributed by atoms with E-state index in [-0.39, 0.29) is 30.5 Å². The molecular formula is C20H18F6N4. The van der Waals surface area contributed by atoms with E-state index in [2.05, 4.69) is 4.98 Å². The molecule has 0 saturated carbocycles. The zero-order valence-corrected chi connectivity index (χ0v) is 15.6. The van der Waals surface area contributed by atoms with Gasteiger partial charge in [-0.15, -0.1) is 0 Å². The van der Waals surface area contributed by atoms with Crippen molar-refractivity contribution in [3.63, 3.8) is 0 Å². The van der Waals surface area contributed by atoms with Gasteiger partial charge in [0.25, 0.3) is 0 Å². The average molecular weight is 428 g/mol. The van der Waals surface area contributed by atoms with Gasteiger partial charge in [-0.2, -0.15) is 13.2 Å². The maximum Gasteiger partial charge on any atom is 0.416 e. The van der Waals surface area contributed by atoms with E-state index in [0.29, 0.717) is 18.1 Å². The van der Waals surface area contributed by atoms with Crippen LogP contribution in [0.1, 0.15) is 17.5 Å². The number of piperidine rings is 1. The molecule has 2 aromatic carbocycles. The van der Waals surface area contributed by atoms with Crippen molar-refractivity contribution in [3.8, 4) is 0 Å². The molecule has 0 aliphatic carbocycles. The Bertz CT molecular complexity index is 1060. The molecule has 1 aliphatic rings. The molecule has 1 fully saturated rings. The molecule has 0 radical (unpaired) electrons. The zero-order chi connectivity index (χ0) is 21.6. The van der Waals surface area contributed by atoms with E-state index in [4.69, 9.17) is 5.73 Å². The predicted octanol–water partition coefficient (Wildman–Crippen LogP) is 4.26. The summed E-state index contributed by atoms with van der Waals surface area (Å²) in [6, 6.07) is 5.76. The number of hydrogen-bond acceptors (Lipinski definition) is 3. The van der Waals surface area contributed by atoms with E-state index in [0.717, 1.165) is 24.3 Å². The van der Waals surface area contributed by atoms with Gasteiger partial charge < -0.3 is 15.2 Å². The highest BCUT2D eigenvalue weighted by Crippen LogP contribution is 2.31. The van der Waals surface area contributed by atoms with Crippen molar-refractivity contribution >= 4 is 17.0 Å². The number of hydrogen-bond donors (Lipinski definition) is 1. The van der Waals surface area contributed by atoms with E-state index in [1.165, 1.54) is 12.1 Å². The highest BCUT2D eigenvalue weighted by Gasteiger charge is 2.31. The number of benzene rings is 2. The Morgan fingerprint density at radius 1 is 1.07 bits per heavy atom. The van der Waals surface area contributed by atoms with E-state index >= 15 is 0 Å². The summed E-state index contributed by atoms with van der Waals surface area (Å²) < 4.78 is 81.4. The van der Waals surface area contributed by atoms with Crippen molar-refractivity contribution in [2.75, 3.05) is 18.0 Å². The summed E-state index contributed by atoms with van der Waals surface area (Å²) in [5, 5.41) is 0. The van der Waals surface area contributed by atoms with Crippen LogP contribution in [0.3, 0.4) is 0 Å². The summed E-state index contributed by atoms with van der Waals surface area (Å²) in [4.78, 5) is 6.10. The van der Waals surface area contributed by atoms with Gasteiger partial charge in [0.2, 0.25) is 5.95 Å². The molecule has 3 aromatic rings. The Labute approximate surface area is 167 Å². The van der Waals surface area contributed by atoms with Crippen LogP contribution in [0.4, 0.5) is 32.3 Å². The summed E-state index contributed by atoms with van der Waals surface area (Å²) in [7, 11) is 0. The first-order valence-corrected chi connectivity index (χ1v) is 9.29. The number of anilines is 1. The van der Waals surface area contributed by atoms with Crippen molar-refractivity contribution < 1.29 is 26.3 Å². The molecule has 2 unspecified atom stereocenters. The van der Waals surface area contributed by atoms with Crippen LogP contribution in [0.2, 0.25) is 0 Å². The van der Waals surface area contributed by atoms with Crippen LogP contribution < -0.4 is 10.6 Å². The minimum atomic E-state index is -4.46. The third-order valence-electron chi connectivity index (χ3n) is 5.25. The van der Waals surface area contributed by atoms with Gasteiger partial charge in [-0.25, -0.2) is 18.2 Å². The summed E-state index contributed by atoms with van der Waals surface area (Å²) in [6.45, 7) is 0.526. The fourth-order valence-electron chi connectivity index (χ4n) is 3.62. The Balaban J connectivity index is 1.75. The van der Waals surface area contributed by atoms with Crippen molar-refractivity contribution in [1.29, 1.82) is 0 Å². The second-order valence-electron chi connectivity index (χ2n) is 7.36. The van der Waals surface area contributed by atoms with Crippen LogP contribution in [-0.4, -0.2) is 34.9 Å². The Morgan fingerprint density at radius 3 is 2.37 bits per heavy atom. The molecule has 4 nitrogen and oxygen atoms in total. The molecule has 160 valence electrons. The quantitative estimate of drug-likeness (QED) is 0.635. The first kappa shape index (κ1) is 20.5. The molecule has 1 aromatic heterocycles. The van der Waals surface area contributed by atoms with Gasteiger partial charge in [0.15, 0.2) is 11.6 Å². The van der Waals surface area contributed by atoms with Crippen LogP contribution in [0.15, 0.2) is 36.4 Å². The third-order valence-corrected chi connectivity index (χ3v) is 5.25. The highest BCUT2D eigenvalue weighted by atomic mass is 19.4. The summed E-state index contributed by atoms with van der Waals surface area (Å²) in [5.41, 5.74) is 6.02. The second kappa shape index (κ2) is 7.50. The van der Waals surface area contributed by atoms with Gasteiger partial charge in [-0.05, 0) is 24.1 Å². The maximum absolute atomic E-state index is 13.9. The lowest BCUT2D eigenvalue weighted by molar-refractivity contribution is -0.137. The molecule has 2 N–H and O–H groups in total. The van der Waals surface area contributed by atoms with Gasteiger partial charge in [0, 0.05) is 25.2 Å². The molecular weight excluding hydrogens is 410 g/mol. The number of nitrogens with two attached hydrogens (primary N) is 1. The number of imidazole rings is 1. The highest BCUT2D eigenvalue weighted by molar-refractivity contribution is 5.79. The van der Waals surface area contributed by atoms with Crippen LogP contribution in [0, 0.1) is 11.6 Å². The van der Waals surface area contributed by atoms with Gasteiger partial charge in [0.1, 0.15) is 6.17 Å². The topological polar surface area (TPSA) is 47.1 Å². The second-order valence-corrected chi connectivity index (χ2v) is 7.36. The van der Waals surface area contributed by atoms with Crippen LogP contribution in [-0.2, 0) is 12.7 Å². The number of halogens is 6. The van der Waals surface area contributed by atoms with Crippen molar-refractivity contribution in [2.45, 2.75) is 31.4 Å². The lowest BCUT2D eigenvalue weighted by Gasteiger charge is -2.34. The molecule has 30 heavy (non-hydrogen) atoms. The minimum absolute atomic E-state index is 0.0693. The molecule has 10 heteroatoms. The predicted molar refractivity (Wildman–Crippen MR) is 99.9 cm³/mol. The fourth-order valence-corrected chi connectivity index (χ4v) is 3.62. The molecule has 0 bridgehead atoms. The van der Waals surface area contributed by atoms with Gasteiger partial charge in [-0.1, -0.05) is 12.1 Å². The molecule has 2 atom stereocenters. The summed E-state index contributed by atoms with van der Waals surface area (Å²) in [5.74, 6) is -1.80. The lowest BCUT2D eigenvalue weighted by Crippen LogP contribution is -2.50. The number of rotatable bonds is 3. The fraction of sp³-hybridized carbons (Fsp3) is 0.350. The Kier molecular flexibility index (Phi) is 5.13. The number of fused-ring (bicyclic) bond motifs is 1. The van der Waals surface area contributed by atoms with Gasteiger partial charge in [0.05, 0.1) is 29.2 Å². The normalized spacial score (nSPS) is 20.2. The SMILES string of the molecule is NC1CN(c2nc3cc(F)c(F)cc3n2Cc2ccc(C(F)(F)F)cc2)CCC1F. The van der Waals surface area contributed by atoms with Crippen LogP contribution >= 0.6 is 0 Å². The van der Waals surface area contributed by atoms with Crippen LogP contribution in [0.25, 0.3) is 11.0 Å². The van der Waals surface area contributed by atoms with Crippen molar-refractivity contribution in [2.24, 2.45) is 5.73 Å².